The molecule has 0 radical (unpaired) electrons. The van der Waals surface area contributed by atoms with Crippen molar-refractivity contribution in [2.45, 2.75) is 6.42 Å². The number of halogens is 3. The molecule has 17 heavy (non-hydrogen) atoms. The zero-order chi connectivity index (χ0) is 12.4. The zero-order valence-corrected chi connectivity index (χ0v) is 10.9. The van der Waals surface area contributed by atoms with Crippen molar-refractivity contribution in [2.24, 2.45) is 0 Å². The third kappa shape index (κ3) is 2.98. The molecule has 5 heteroatoms. The molecule has 0 saturated carbocycles. The predicted molar refractivity (Wildman–Crippen MR) is 66.4 cm³/mol. The molecule has 2 rings (SSSR count). The molecule has 1 heterocycles. The summed E-state index contributed by atoms with van der Waals surface area (Å²) in [5, 5.41) is 1.70. The molecule has 0 amide bonds. The summed E-state index contributed by atoms with van der Waals surface area (Å²) in [4.78, 5) is 11.8. The van der Waals surface area contributed by atoms with Crippen molar-refractivity contribution in [1.82, 2.24) is 0 Å². The lowest BCUT2D eigenvalue weighted by atomic mass is 10.0. The maximum atomic E-state index is 13.3. The molecule has 0 bridgehead atoms. The average molecular weight is 317 g/mol. The van der Waals surface area contributed by atoms with Gasteiger partial charge in [0, 0.05) is 23.4 Å². The van der Waals surface area contributed by atoms with Crippen LogP contribution in [0.1, 0.15) is 15.9 Å². The van der Waals surface area contributed by atoms with Crippen molar-refractivity contribution >= 4 is 33.0 Å². The second-order valence-electron chi connectivity index (χ2n) is 3.48. The lowest BCUT2D eigenvalue weighted by molar-refractivity contribution is 0.0992. The van der Waals surface area contributed by atoms with Gasteiger partial charge in [0.2, 0.25) is 0 Å². The lowest BCUT2D eigenvalue weighted by Crippen LogP contribution is -2.04. The Morgan fingerprint density at radius 1 is 1.29 bits per heavy atom. The molecule has 0 saturated heterocycles. The van der Waals surface area contributed by atoms with Crippen molar-refractivity contribution in [3.05, 3.63) is 56.2 Å². The Kier molecular flexibility index (Phi) is 3.69. The minimum atomic E-state index is -0.687. The van der Waals surface area contributed by atoms with Crippen LogP contribution >= 0.6 is 27.3 Å². The summed E-state index contributed by atoms with van der Waals surface area (Å²) in [6, 6.07) is 4.92. The maximum Gasteiger partial charge on any atom is 0.168 e. The van der Waals surface area contributed by atoms with Crippen LogP contribution in [0.2, 0.25) is 0 Å². The van der Waals surface area contributed by atoms with Crippen molar-refractivity contribution < 1.29 is 13.6 Å². The van der Waals surface area contributed by atoms with Crippen LogP contribution in [0.3, 0.4) is 0 Å². The number of Topliss-reactive ketones (excluding diaryl/α,β-unsaturated/α-hetero) is 1. The first-order chi connectivity index (χ1) is 8.06. The first-order valence-corrected chi connectivity index (χ1v) is 6.44. The van der Waals surface area contributed by atoms with Crippen LogP contribution in [0.5, 0.6) is 0 Å². The molecule has 2 aromatic rings. The molecule has 0 aliphatic carbocycles. The number of ketones is 1. The van der Waals surface area contributed by atoms with E-state index in [0.717, 1.165) is 15.9 Å². The molecule has 0 unspecified atom stereocenters. The van der Waals surface area contributed by atoms with Gasteiger partial charge >= 0.3 is 0 Å². The van der Waals surface area contributed by atoms with E-state index in [0.29, 0.717) is 5.56 Å². The van der Waals surface area contributed by atoms with E-state index in [2.05, 4.69) is 15.9 Å². The molecule has 88 valence electrons. The topological polar surface area (TPSA) is 17.1 Å². The smallest absolute Gasteiger partial charge is 0.168 e. The SMILES string of the molecule is O=C(Cc1ccc(F)cc1F)c1csc(Br)c1. The summed E-state index contributed by atoms with van der Waals surface area (Å²) in [7, 11) is 0. The fourth-order valence-electron chi connectivity index (χ4n) is 1.40. The van der Waals surface area contributed by atoms with Gasteiger partial charge in [0.15, 0.2) is 5.78 Å². The highest BCUT2D eigenvalue weighted by Crippen LogP contribution is 2.22. The highest BCUT2D eigenvalue weighted by molar-refractivity contribution is 9.11. The Balaban J connectivity index is 2.18. The molecule has 1 aromatic carbocycles. The molecular formula is C12H7BrF2OS. The van der Waals surface area contributed by atoms with Crippen LogP contribution in [0.4, 0.5) is 8.78 Å². The highest BCUT2D eigenvalue weighted by atomic mass is 79.9. The standard InChI is InChI=1S/C12H7BrF2OS/c13-12-4-8(6-17-12)11(16)3-7-1-2-9(14)5-10(7)15/h1-2,4-6H,3H2. The Bertz CT molecular complexity index is 565. The van der Waals surface area contributed by atoms with Crippen LogP contribution in [-0.2, 0) is 6.42 Å². The minimum Gasteiger partial charge on any atom is -0.294 e. The summed E-state index contributed by atoms with van der Waals surface area (Å²) in [6.45, 7) is 0. The van der Waals surface area contributed by atoms with Gasteiger partial charge in [0.25, 0.3) is 0 Å². The van der Waals surface area contributed by atoms with E-state index >= 15 is 0 Å². The third-order valence-corrected chi connectivity index (χ3v) is 3.76. The maximum absolute atomic E-state index is 13.3. The summed E-state index contributed by atoms with van der Waals surface area (Å²) in [6.07, 6.45) is -0.0602. The van der Waals surface area contributed by atoms with E-state index < -0.39 is 11.6 Å². The van der Waals surface area contributed by atoms with E-state index in [1.54, 1.807) is 11.4 Å². The van der Waals surface area contributed by atoms with Crippen LogP contribution < -0.4 is 0 Å². The molecule has 0 N–H and O–H groups in total. The normalized spacial score (nSPS) is 10.5. The summed E-state index contributed by atoms with van der Waals surface area (Å²) < 4.78 is 26.9. The molecule has 0 aliphatic rings. The molecule has 0 atom stereocenters. The van der Waals surface area contributed by atoms with Gasteiger partial charge < -0.3 is 0 Å². The second-order valence-corrected chi connectivity index (χ2v) is 5.77. The van der Waals surface area contributed by atoms with E-state index in [4.69, 9.17) is 0 Å². The third-order valence-electron chi connectivity index (χ3n) is 2.26. The molecule has 1 nitrogen and oxygen atoms in total. The quantitative estimate of drug-likeness (QED) is 0.775. The molecule has 0 spiro atoms. The fraction of sp³-hybridized carbons (Fsp3) is 0.0833. The van der Waals surface area contributed by atoms with Gasteiger partial charge in [-0.15, -0.1) is 11.3 Å². The Labute approximate surface area is 109 Å². The Morgan fingerprint density at radius 3 is 2.65 bits per heavy atom. The van der Waals surface area contributed by atoms with Gasteiger partial charge in [-0.1, -0.05) is 6.07 Å². The number of carbonyl (C=O) groups excluding carboxylic acids is 1. The number of rotatable bonds is 3. The molecule has 0 aliphatic heterocycles. The fourth-order valence-corrected chi connectivity index (χ4v) is 2.56. The van der Waals surface area contributed by atoms with Gasteiger partial charge in [0.05, 0.1) is 3.79 Å². The van der Waals surface area contributed by atoms with Crippen molar-refractivity contribution in [3.8, 4) is 0 Å². The number of thiophene rings is 1. The van der Waals surface area contributed by atoms with Gasteiger partial charge in [-0.2, -0.15) is 0 Å². The first-order valence-electron chi connectivity index (χ1n) is 4.77. The molecule has 0 fully saturated rings. The first kappa shape index (κ1) is 12.4. The largest absolute Gasteiger partial charge is 0.294 e. The van der Waals surface area contributed by atoms with E-state index in [1.165, 1.54) is 17.4 Å². The van der Waals surface area contributed by atoms with Gasteiger partial charge in [-0.05, 0) is 33.6 Å². The number of carbonyl (C=O) groups is 1. The average Bonchev–Trinajstić information content (AvgIpc) is 2.69. The predicted octanol–water partition coefficient (Wildman–Crippen LogP) is 4.21. The van der Waals surface area contributed by atoms with Crippen LogP contribution in [0, 0.1) is 11.6 Å². The van der Waals surface area contributed by atoms with Crippen LogP contribution in [-0.4, -0.2) is 5.78 Å². The van der Waals surface area contributed by atoms with Crippen LogP contribution in [0.15, 0.2) is 33.4 Å². The van der Waals surface area contributed by atoms with Gasteiger partial charge in [0.1, 0.15) is 11.6 Å². The Morgan fingerprint density at radius 2 is 2.06 bits per heavy atom. The lowest BCUT2D eigenvalue weighted by Gasteiger charge is -2.01. The monoisotopic (exact) mass is 316 g/mol. The summed E-state index contributed by atoms with van der Waals surface area (Å²) >= 11 is 4.64. The van der Waals surface area contributed by atoms with E-state index in [1.807, 2.05) is 0 Å². The van der Waals surface area contributed by atoms with Crippen molar-refractivity contribution in [1.29, 1.82) is 0 Å². The van der Waals surface area contributed by atoms with Crippen molar-refractivity contribution in [3.63, 3.8) is 0 Å². The minimum absolute atomic E-state index is 0.0602. The summed E-state index contributed by atoms with van der Waals surface area (Å²) in [5.74, 6) is -1.51. The molecule has 1 aromatic heterocycles. The van der Waals surface area contributed by atoms with Crippen molar-refractivity contribution in [2.75, 3.05) is 0 Å². The summed E-state index contributed by atoms with van der Waals surface area (Å²) in [5.41, 5.74) is 0.740. The van der Waals surface area contributed by atoms with Gasteiger partial charge in [-0.3, -0.25) is 4.79 Å². The van der Waals surface area contributed by atoms with E-state index in [9.17, 15) is 13.6 Å². The van der Waals surface area contributed by atoms with Crippen LogP contribution in [0.25, 0.3) is 0 Å². The molecular weight excluding hydrogens is 310 g/mol. The Hall–Kier alpha value is -1.07. The van der Waals surface area contributed by atoms with E-state index in [-0.39, 0.29) is 17.8 Å². The van der Waals surface area contributed by atoms with Gasteiger partial charge in [-0.25, -0.2) is 8.78 Å². The second kappa shape index (κ2) is 5.06. The number of hydrogen-bond donors (Lipinski definition) is 0. The number of benzene rings is 1. The number of hydrogen-bond acceptors (Lipinski definition) is 2. The highest BCUT2D eigenvalue weighted by Gasteiger charge is 2.12. The zero-order valence-electron chi connectivity index (χ0n) is 8.54.